The number of ether oxygens (including phenoxy) is 2. The van der Waals surface area contributed by atoms with Crippen molar-refractivity contribution in [3.05, 3.63) is 23.8 Å². The van der Waals surface area contributed by atoms with Crippen molar-refractivity contribution < 1.29 is 23.0 Å². The fourth-order valence-corrected chi connectivity index (χ4v) is 1.34. The first-order valence-electron chi connectivity index (χ1n) is 5.08. The molecule has 0 spiro atoms. The highest BCUT2D eigenvalue weighted by molar-refractivity contribution is 5.96. The van der Waals surface area contributed by atoms with Crippen molar-refractivity contribution in [2.24, 2.45) is 5.73 Å². The summed E-state index contributed by atoms with van der Waals surface area (Å²) in [6.07, 6.45) is 0. The molecule has 18 heavy (non-hydrogen) atoms. The lowest BCUT2D eigenvalue weighted by Gasteiger charge is -2.14. The first-order valence-corrected chi connectivity index (χ1v) is 5.08. The van der Waals surface area contributed by atoms with Gasteiger partial charge in [0.25, 0.3) is 0 Å². The molecule has 1 aromatic carbocycles. The van der Waals surface area contributed by atoms with Crippen molar-refractivity contribution >= 4 is 11.6 Å². The minimum absolute atomic E-state index is 0.00799. The fraction of sp³-hybridized carbons (Fsp3) is 0.364. The molecule has 0 heterocycles. The van der Waals surface area contributed by atoms with Gasteiger partial charge in [-0.05, 0) is 0 Å². The molecule has 100 valence electrons. The number of carbonyl (C=O) groups is 1. The number of benzene rings is 1. The van der Waals surface area contributed by atoms with Crippen molar-refractivity contribution in [3.63, 3.8) is 0 Å². The molecule has 1 unspecified atom stereocenters. The zero-order chi connectivity index (χ0) is 13.7. The van der Waals surface area contributed by atoms with Gasteiger partial charge < -0.3 is 20.5 Å². The second-order valence-corrected chi connectivity index (χ2v) is 3.52. The molecule has 1 rings (SSSR count). The van der Waals surface area contributed by atoms with Gasteiger partial charge >= 0.3 is 0 Å². The zero-order valence-electron chi connectivity index (χ0n) is 10.00. The zero-order valence-corrected chi connectivity index (χ0v) is 10.00. The number of rotatable bonds is 5. The van der Waals surface area contributed by atoms with Gasteiger partial charge in [-0.3, -0.25) is 4.79 Å². The summed E-state index contributed by atoms with van der Waals surface area (Å²) in [5, 5.41) is 2.28. The second-order valence-electron chi connectivity index (χ2n) is 3.52. The lowest BCUT2D eigenvalue weighted by Crippen LogP contribution is -2.39. The van der Waals surface area contributed by atoms with Crippen LogP contribution < -0.4 is 15.8 Å². The van der Waals surface area contributed by atoms with E-state index in [1.807, 2.05) is 0 Å². The average Bonchev–Trinajstić information content (AvgIpc) is 2.28. The Balaban J connectivity index is 2.93. The van der Waals surface area contributed by atoms with Crippen molar-refractivity contribution in [1.82, 2.24) is 0 Å². The number of nitrogens with one attached hydrogen (secondary N) is 1. The van der Waals surface area contributed by atoms with Crippen LogP contribution in [0.1, 0.15) is 0 Å². The van der Waals surface area contributed by atoms with Crippen molar-refractivity contribution in [2.45, 2.75) is 6.04 Å². The second kappa shape index (κ2) is 6.27. The number of nitrogens with two attached hydrogens (primary N) is 1. The van der Waals surface area contributed by atoms with Crippen LogP contribution >= 0.6 is 0 Å². The monoisotopic (exact) mass is 260 g/mol. The summed E-state index contributed by atoms with van der Waals surface area (Å²) in [5.74, 6) is -2.62. The molecule has 1 amide bonds. The van der Waals surface area contributed by atoms with E-state index >= 15 is 0 Å². The van der Waals surface area contributed by atoms with E-state index in [4.69, 9.17) is 15.2 Å². The van der Waals surface area contributed by atoms with E-state index in [0.29, 0.717) is 6.07 Å². The van der Waals surface area contributed by atoms with E-state index < -0.39 is 23.6 Å². The Bertz CT molecular complexity index is 441. The van der Waals surface area contributed by atoms with Gasteiger partial charge in [-0.15, -0.1) is 0 Å². The maximum atomic E-state index is 13.3. The van der Waals surface area contributed by atoms with Crippen LogP contribution in [0.2, 0.25) is 0 Å². The van der Waals surface area contributed by atoms with Gasteiger partial charge in [0.15, 0.2) is 11.6 Å². The van der Waals surface area contributed by atoms with E-state index in [0.717, 1.165) is 6.07 Å². The Morgan fingerprint density at radius 2 is 2.11 bits per heavy atom. The van der Waals surface area contributed by atoms with E-state index in [9.17, 15) is 13.6 Å². The van der Waals surface area contributed by atoms with Crippen molar-refractivity contribution in [1.29, 1.82) is 0 Å². The topological polar surface area (TPSA) is 73.6 Å². The van der Waals surface area contributed by atoms with Gasteiger partial charge in [-0.25, -0.2) is 8.78 Å². The summed E-state index contributed by atoms with van der Waals surface area (Å²) in [4.78, 5) is 11.6. The standard InChI is InChI=1S/C11H14F2N2O3/c1-17-5-8(14)11(16)15-9-4-6(12)3-7(13)10(9)18-2/h3-4,8H,5,14H2,1-2H3,(H,15,16). The molecule has 0 radical (unpaired) electrons. The number of halogens is 2. The summed E-state index contributed by atoms with van der Waals surface area (Å²) in [6, 6.07) is 0.661. The first kappa shape index (κ1) is 14.3. The lowest BCUT2D eigenvalue weighted by molar-refractivity contribution is -0.118. The van der Waals surface area contributed by atoms with Crippen LogP contribution in [0, 0.1) is 11.6 Å². The summed E-state index contributed by atoms with van der Waals surface area (Å²) < 4.78 is 35.8. The minimum Gasteiger partial charge on any atom is -0.492 e. The van der Waals surface area contributed by atoms with E-state index in [2.05, 4.69) is 5.32 Å². The molecule has 0 fully saturated rings. The molecule has 3 N–H and O–H groups in total. The molecule has 0 aliphatic rings. The van der Waals surface area contributed by atoms with Crippen molar-refractivity contribution in [2.75, 3.05) is 26.1 Å². The number of hydrogen-bond donors (Lipinski definition) is 2. The Hall–Kier alpha value is -1.73. The molecule has 5 nitrogen and oxygen atoms in total. The molecule has 1 atom stereocenters. The predicted molar refractivity (Wildman–Crippen MR) is 61.4 cm³/mol. The number of amides is 1. The van der Waals surface area contributed by atoms with Crippen LogP contribution in [-0.4, -0.2) is 32.8 Å². The highest BCUT2D eigenvalue weighted by Crippen LogP contribution is 2.28. The van der Waals surface area contributed by atoms with Crippen LogP contribution in [0.3, 0.4) is 0 Å². The largest absolute Gasteiger partial charge is 0.492 e. The highest BCUT2D eigenvalue weighted by Gasteiger charge is 2.18. The molecule has 1 aromatic rings. The smallest absolute Gasteiger partial charge is 0.243 e. The molecular formula is C11H14F2N2O3. The third-order valence-electron chi connectivity index (χ3n) is 2.15. The quantitative estimate of drug-likeness (QED) is 0.824. The Kier molecular flexibility index (Phi) is 4.99. The molecular weight excluding hydrogens is 246 g/mol. The summed E-state index contributed by atoms with van der Waals surface area (Å²) in [6.45, 7) is -0.00799. The van der Waals surface area contributed by atoms with E-state index in [1.54, 1.807) is 0 Å². The Morgan fingerprint density at radius 3 is 2.67 bits per heavy atom. The lowest BCUT2D eigenvalue weighted by atomic mass is 10.2. The average molecular weight is 260 g/mol. The Morgan fingerprint density at radius 1 is 1.44 bits per heavy atom. The van der Waals surface area contributed by atoms with Crippen molar-refractivity contribution in [3.8, 4) is 5.75 Å². The maximum Gasteiger partial charge on any atom is 0.243 e. The molecule has 0 aliphatic heterocycles. The summed E-state index contributed by atoms with van der Waals surface area (Å²) >= 11 is 0. The minimum atomic E-state index is -0.939. The summed E-state index contributed by atoms with van der Waals surface area (Å²) in [7, 11) is 2.59. The van der Waals surface area contributed by atoms with Crippen LogP contribution in [-0.2, 0) is 9.53 Å². The molecule has 0 saturated heterocycles. The van der Waals surface area contributed by atoms with Gasteiger partial charge in [0.05, 0.1) is 19.4 Å². The van der Waals surface area contributed by atoms with E-state index in [1.165, 1.54) is 14.2 Å². The van der Waals surface area contributed by atoms with Gasteiger partial charge in [0.1, 0.15) is 11.9 Å². The number of anilines is 1. The van der Waals surface area contributed by atoms with Gasteiger partial charge in [-0.2, -0.15) is 0 Å². The molecule has 7 heteroatoms. The fourth-order valence-electron chi connectivity index (χ4n) is 1.34. The third kappa shape index (κ3) is 3.38. The maximum absolute atomic E-state index is 13.3. The van der Waals surface area contributed by atoms with Gasteiger partial charge in [0, 0.05) is 19.2 Å². The molecule has 0 bridgehead atoms. The third-order valence-corrected chi connectivity index (χ3v) is 2.15. The predicted octanol–water partition coefficient (Wildman–Crippen LogP) is 0.886. The van der Waals surface area contributed by atoms with Gasteiger partial charge in [0.2, 0.25) is 5.91 Å². The molecule has 0 aliphatic carbocycles. The summed E-state index contributed by atoms with van der Waals surface area (Å²) in [5.41, 5.74) is 5.36. The highest BCUT2D eigenvalue weighted by atomic mass is 19.1. The van der Waals surface area contributed by atoms with E-state index in [-0.39, 0.29) is 18.0 Å². The SMILES string of the molecule is COCC(N)C(=O)Nc1cc(F)cc(F)c1OC. The van der Waals surface area contributed by atoms with Gasteiger partial charge in [-0.1, -0.05) is 0 Å². The van der Waals surface area contributed by atoms with Crippen LogP contribution in [0.25, 0.3) is 0 Å². The van der Waals surface area contributed by atoms with Crippen LogP contribution in [0.4, 0.5) is 14.5 Å². The molecule has 0 saturated carbocycles. The Labute approximate surface area is 103 Å². The number of methoxy groups -OCH3 is 2. The van der Waals surface area contributed by atoms with Crippen LogP contribution in [0.15, 0.2) is 12.1 Å². The number of carbonyl (C=O) groups excluding carboxylic acids is 1. The molecule has 0 aromatic heterocycles. The first-order chi connectivity index (χ1) is 8.49. The normalized spacial score (nSPS) is 12.1. The number of hydrogen-bond acceptors (Lipinski definition) is 4. The van der Waals surface area contributed by atoms with Crippen LogP contribution in [0.5, 0.6) is 5.75 Å².